The molecule has 0 rings (SSSR count). The zero-order valence-corrected chi connectivity index (χ0v) is 16.3. The molecule has 0 saturated carbocycles. The van der Waals surface area contributed by atoms with E-state index in [4.69, 9.17) is 11.6 Å². The number of allylic oxidation sites excluding steroid dienone is 9. The van der Waals surface area contributed by atoms with Crippen LogP contribution in [0.5, 0.6) is 0 Å². The number of hydrogen-bond acceptors (Lipinski definition) is 0. The lowest BCUT2D eigenvalue weighted by molar-refractivity contribution is 0.727. The Hall–Kier alpha value is -1.01. The monoisotopic (exact) mass is 334 g/mol. The molecular formula is C22H35Cl. The summed E-state index contributed by atoms with van der Waals surface area (Å²) in [6.45, 7) is 12.5. The molecule has 0 spiro atoms. The van der Waals surface area contributed by atoms with Crippen LogP contribution in [0.25, 0.3) is 0 Å². The quantitative estimate of drug-likeness (QED) is 0.192. The van der Waals surface area contributed by atoms with Gasteiger partial charge in [-0.05, 0) is 63.9 Å². The van der Waals surface area contributed by atoms with E-state index in [9.17, 15) is 0 Å². The van der Waals surface area contributed by atoms with Crippen LogP contribution in [-0.4, -0.2) is 0 Å². The molecule has 0 heterocycles. The van der Waals surface area contributed by atoms with Gasteiger partial charge in [-0.15, -0.1) is 6.58 Å². The van der Waals surface area contributed by atoms with E-state index in [1.165, 1.54) is 37.7 Å². The molecule has 0 radical (unpaired) electrons. The third kappa shape index (κ3) is 11.2. The van der Waals surface area contributed by atoms with Gasteiger partial charge in [0.1, 0.15) is 0 Å². The summed E-state index contributed by atoms with van der Waals surface area (Å²) in [5.41, 5.74) is 2.66. The number of hydrogen-bond donors (Lipinski definition) is 0. The van der Waals surface area contributed by atoms with Gasteiger partial charge in [0.25, 0.3) is 0 Å². The molecule has 1 unspecified atom stereocenters. The summed E-state index contributed by atoms with van der Waals surface area (Å²) in [4.78, 5) is 0. The number of unbranched alkanes of at least 4 members (excludes halogenated alkanes) is 3. The lowest BCUT2D eigenvalue weighted by Gasteiger charge is -2.10. The summed E-state index contributed by atoms with van der Waals surface area (Å²) >= 11 is 6.50. The highest BCUT2D eigenvalue weighted by atomic mass is 35.5. The molecule has 0 aliphatic rings. The van der Waals surface area contributed by atoms with Crippen LogP contribution in [0.2, 0.25) is 0 Å². The highest BCUT2D eigenvalue weighted by molar-refractivity contribution is 6.30. The van der Waals surface area contributed by atoms with Gasteiger partial charge in [0, 0.05) is 5.03 Å². The maximum atomic E-state index is 6.50. The fourth-order valence-corrected chi connectivity index (χ4v) is 2.60. The predicted molar refractivity (Wildman–Crippen MR) is 108 cm³/mol. The van der Waals surface area contributed by atoms with Gasteiger partial charge in [-0.25, -0.2) is 0 Å². The van der Waals surface area contributed by atoms with Gasteiger partial charge >= 0.3 is 0 Å². The van der Waals surface area contributed by atoms with Crippen molar-refractivity contribution in [2.75, 3.05) is 0 Å². The summed E-state index contributed by atoms with van der Waals surface area (Å²) in [5.74, 6) is 0.328. The second-order valence-corrected chi connectivity index (χ2v) is 6.62. The van der Waals surface area contributed by atoms with Crippen molar-refractivity contribution in [2.24, 2.45) is 5.92 Å². The van der Waals surface area contributed by atoms with Crippen LogP contribution in [-0.2, 0) is 0 Å². The molecule has 0 nitrogen and oxygen atoms in total. The van der Waals surface area contributed by atoms with Crippen molar-refractivity contribution in [1.29, 1.82) is 0 Å². The standard InChI is InChI=1S/C22H35Cl/c1-6-9-16-19(4)17-12-10-11-13-18-21(15-8-3)22(23)20(5)14-7-2/h7-8,13,15,17-18,20H,2,6,9-12,14,16H2,1,3-5H3. The molecule has 0 aromatic carbocycles. The molecule has 0 aromatic heterocycles. The van der Waals surface area contributed by atoms with E-state index < -0.39 is 0 Å². The molecule has 0 saturated heterocycles. The fourth-order valence-electron chi connectivity index (χ4n) is 2.38. The van der Waals surface area contributed by atoms with E-state index in [-0.39, 0.29) is 0 Å². The zero-order valence-electron chi connectivity index (χ0n) is 15.6. The van der Waals surface area contributed by atoms with Crippen LogP contribution in [0, 0.1) is 5.92 Å². The molecule has 0 N–H and O–H groups in total. The van der Waals surface area contributed by atoms with Gasteiger partial charge in [0.2, 0.25) is 0 Å². The van der Waals surface area contributed by atoms with Crippen LogP contribution >= 0.6 is 11.6 Å². The second kappa shape index (κ2) is 14.6. The molecule has 0 bridgehead atoms. The maximum absolute atomic E-state index is 6.50. The van der Waals surface area contributed by atoms with E-state index in [0.29, 0.717) is 5.92 Å². The van der Waals surface area contributed by atoms with Crippen molar-refractivity contribution in [3.63, 3.8) is 0 Å². The van der Waals surface area contributed by atoms with Crippen LogP contribution in [0.1, 0.15) is 72.6 Å². The first kappa shape index (κ1) is 22.0. The van der Waals surface area contributed by atoms with Gasteiger partial charge in [-0.2, -0.15) is 0 Å². The highest BCUT2D eigenvalue weighted by Gasteiger charge is 2.07. The van der Waals surface area contributed by atoms with Gasteiger partial charge in [0.15, 0.2) is 0 Å². The Morgan fingerprint density at radius 1 is 1.17 bits per heavy atom. The topological polar surface area (TPSA) is 0 Å². The second-order valence-electron chi connectivity index (χ2n) is 6.22. The largest absolute Gasteiger partial charge is 0.103 e. The molecule has 0 fully saturated rings. The molecular weight excluding hydrogens is 300 g/mol. The van der Waals surface area contributed by atoms with Crippen LogP contribution in [0.4, 0.5) is 0 Å². The number of halogens is 1. The minimum atomic E-state index is 0.328. The summed E-state index contributed by atoms with van der Waals surface area (Å²) in [6, 6.07) is 0. The van der Waals surface area contributed by atoms with Crippen molar-refractivity contribution >= 4 is 11.6 Å². The Labute approximate surface area is 149 Å². The van der Waals surface area contributed by atoms with Crippen LogP contribution in [0.15, 0.2) is 59.2 Å². The average molecular weight is 335 g/mol. The average Bonchev–Trinajstić information content (AvgIpc) is 2.54. The van der Waals surface area contributed by atoms with E-state index in [2.05, 4.69) is 51.7 Å². The fraction of sp³-hybridized carbons (Fsp3) is 0.545. The van der Waals surface area contributed by atoms with E-state index >= 15 is 0 Å². The number of rotatable bonds is 12. The van der Waals surface area contributed by atoms with Gasteiger partial charge in [0.05, 0.1) is 0 Å². The Balaban J connectivity index is 4.43. The minimum absolute atomic E-state index is 0.328. The van der Waals surface area contributed by atoms with E-state index in [0.717, 1.165) is 23.4 Å². The third-order valence-electron chi connectivity index (χ3n) is 3.86. The molecule has 1 atom stereocenters. The van der Waals surface area contributed by atoms with Gasteiger partial charge in [-0.1, -0.05) is 73.9 Å². The molecule has 1 heteroatoms. The zero-order chi connectivity index (χ0) is 17.5. The smallest absolute Gasteiger partial charge is 0.0284 e. The summed E-state index contributed by atoms with van der Waals surface area (Å²) in [6.07, 6.45) is 21.1. The third-order valence-corrected chi connectivity index (χ3v) is 4.46. The first-order valence-electron chi connectivity index (χ1n) is 9.02. The predicted octanol–water partition coefficient (Wildman–Crippen LogP) is 8.13. The van der Waals surface area contributed by atoms with Crippen molar-refractivity contribution in [2.45, 2.75) is 72.6 Å². The Morgan fingerprint density at radius 3 is 2.52 bits per heavy atom. The molecule has 0 amide bonds. The summed E-state index contributed by atoms with van der Waals surface area (Å²) in [5, 5.41) is 0.926. The molecule has 0 aliphatic carbocycles. The first-order valence-corrected chi connectivity index (χ1v) is 9.39. The van der Waals surface area contributed by atoms with Crippen molar-refractivity contribution in [1.82, 2.24) is 0 Å². The van der Waals surface area contributed by atoms with Gasteiger partial charge < -0.3 is 0 Å². The Morgan fingerprint density at radius 2 is 1.91 bits per heavy atom. The van der Waals surface area contributed by atoms with Crippen LogP contribution < -0.4 is 0 Å². The lowest BCUT2D eigenvalue weighted by atomic mass is 10.0. The van der Waals surface area contributed by atoms with E-state index in [1.807, 2.05) is 19.1 Å². The van der Waals surface area contributed by atoms with Crippen molar-refractivity contribution in [3.8, 4) is 0 Å². The summed E-state index contributed by atoms with van der Waals surface area (Å²) in [7, 11) is 0. The molecule has 0 aromatic rings. The van der Waals surface area contributed by atoms with Crippen molar-refractivity contribution < 1.29 is 0 Å². The molecule has 23 heavy (non-hydrogen) atoms. The van der Waals surface area contributed by atoms with Gasteiger partial charge in [-0.3, -0.25) is 0 Å². The van der Waals surface area contributed by atoms with E-state index in [1.54, 1.807) is 0 Å². The first-order chi connectivity index (χ1) is 11.1. The summed E-state index contributed by atoms with van der Waals surface area (Å²) < 4.78 is 0. The highest BCUT2D eigenvalue weighted by Crippen LogP contribution is 2.25. The minimum Gasteiger partial charge on any atom is -0.103 e. The normalized spacial score (nSPS) is 15.3. The van der Waals surface area contributed by atoms with Crippen LogP contribution in [0.3, 0.4) is 0 Å². The maximum Gasteiger partial charge on any atom is 0.0284 e. The Bertz CT molecular complexity index is 435. The molecule has 130 valence electrons. The molecule has 0 aliphatic heterocycles. The SMILES string of the molecule is C=CCC(C)C(Cl)=C(C=CC)C=CCCCC=C(C)CCCC. The lowest BCUT2D eigenvalue weighted by Crippen LogP contribution is -1.95. The Kier molecular flexibility index (Phi) is 13.9. The van der Waals surface area contributed by atoms with Crippen molar-refractivity contribution in [3.05, 3.63) is 59.2 Å².